The number of hydrogen-bond acceptors (Lipinski definition) is 2. The molecule has 0 spiro atoms. The van der Waals surface area contributed by atoms with Gasteiger partial charge < -0.3 is 0 Å². The van der Waals surface area contributed by atoms with Crippen LogP contribution in [0.4, 0.5) is 0 Å². The van der Waals surface area contributed by atoms with Crippen molar-refractivity contribution in [1.29, 1.82) is 0 Å². The summed E-state index contributed by atoms with van der Waals surface area (Å²) >= 11 is 1.95. The van der Waals surface area contributed by atoms with Gasteiger partial charge in [0.05, 0.1) is 0 Å². The van der Waals surface area contributed by atoms with Gasteiger partial charge in [0, 0.05) is 16.3 Å². The maximum absolute atomic E-state index is 2.62. The summed E-state index contributed by atoms with van der Waals surface area (Å²) in [5.74, 6) is 0. The third-order valence-corrected chi connectivity index (χ3v) is 5.19. The monoisotopic (exact) mass is 285 g/mol. The first kappa shape index (κ1) is 13.8. The van der Waals surface area contributed by atoms with Crippen LogP contribution in [0.15, 0.2) is 36.4 Å². The third kappa shape index (κ3) is 3.50. The van der Waals surface area contributed by atoms with Crippen LogP contribution in [0.2, 0.25) is 0 Å². The van der Waals surface area contributed by atoms with Crippen molar-refractivity contribution in [3.8, 4) is 10.4 Å². The van der Waals surface area contributed by atoms with E-state index in [0.717, 1.165) is 6.54 Å². The molecule has 0 N–H and O–H groups in total. The van der Waals surface area contributed by atoms with Gasteiger partial charge in [0.25, 0.3) is 0 Å². The van der Waals surface area contributed by atoms with Gasteiger partial charge in [0.15, 0.2) is 0 Å². The minimum Gasteiger partial charge on any atom is -0.298 e. The van der Waals surface area contributed by atoms with E-state index in [1.165, 1.54) is 59.7 Å². The van der Waals surface area contributed by atoms with Crippen LogP contribution in [-0.4, -0.2) is 18.0 Å². The van der Waals surface area contributed by atoms with Gasteiger partial charge in [-0.15, -0.1) is 11.3 Å². The van der Waals surface area contributed by atoms with Crippen LogP contribution in [0.25, 0.3) is 10.4 Å². The van der Waals surface area contributed by atoms with E-state index in [2.05, 4.69) is 48.2 Å². The number of likely N-dealkylation sites (tertiary alicyclic amines) is 1. The van der Waals surface area contributed by atoms with Crippen molar-refractivity contribution in [1.82, 2.24) is 4.90 Å². The number of aryl methyl sites for hydroxylation is 1. The number of nitrogens with zero attached hydrogens (tertiary/aromatic N) is 1. The number of benzene rings is 1. The molecule has 1 fully saturated rings. The molecule has 106 valence electrons. The van der Waals surface area contributed by atoms with Crippen LogP contribution in [0, 0.1) is 6.92 Å². The first-order chi connectivity index (χ1) is 9.81. The summed E-state index contributed by atoms with van der Waals surface area (Å²) in [6, 6.07) is 13.5. The Morgan fingerprint density at radius 3 is 2.30 bits per heavy atom. The molecule has 20 heavy (non-hydrogen) atoms. The van der Waals surface area contributed by atoms with Crippen LogP contribution >= 0.6 is 11.3 Å². The lowest BCUT2D eigenvalue weighted by molar-refractivity contribution is 0.279. The Hall–Kier alpha value is -1.12. The molecule has 1 aromatic heterocycles. The summed E-state index contributed by atoms with van der Waals surface area (Å²) in [7, 11) is 0. The molecule has 3 rings (SSSR count). The summed E-state index contributed by atoms with van der Waals surface area (Å²) in [6.07, 6.45) is 5.57. The quantitative estimate of drug-likeness (QED) is 0.758. The van der Waals surface area contributed by atoms with E-state index in [-0.39, 0.29) is 0 Å². The number of thiophene rings is 1. The molecular formula is C18H23NS. The van der Waals surface area contributed by atoms with Gasteiger partial charge in [-0.1, -0.05) is 42.7 Å². The minimum absolute atomic E-state index is 1.14. The van der Waals surface area contributed by atoms with Crippen molar-refractivity contribution in [2.75, 3.05) is 13.1 Å². The SMILES string of the molecule is Cc1ccc(-c2ccc(CN3CCCCCC3)s2)cc1. The molecule has 2 heteroatoms. The molecule has 0 bridgehead atoms. The van der Waals surface area contributed by atoms with E-state index >= 15 is 0 Å². The predicted molar refractivity (Wildman–Crippen MR) is 88.2 cm³/mol. The van der Waals surface area contributed by atoms with E-state index in [0.29, 0.717) is 0 Å². The number of hydrogen-bond donors (Lipinski definition) is 0. The molecular weight excluding hydrogens is 262 g/mol. The van der Waals surface area contributed by atoms with Crippen molar-refractivity contribution in [2.24, 2.45) is 0 Å². The van der Waals surface area contributed by atoms with Gasteiger partial charge in [0.1, 0.15) is 0 Å². The Morgan fingerprint density at radius 2 is 1.60 bits per heavy atom. The van der Waals surface area contributed by atoms with E-state index in [1.54, 1.807) is 0 Å². The van der Waals surface area contributed by atoms with Gasteiger partial charge in [-0.25, -0.2) is 0 Å². The largest absolute Gasteiger partial charge is 0.298 e. The lowest BCUT2D eigenvalue weighted by Crippen LogP contribution is -2.23. The molecule has 2 heterocycles. The highest BCUT2D eigenvalue weighted by Gasteiger charge is 2.11. The second-order valence-electron chi connectivity index (χ2n) is 5.82. The fourth-order valence-corrected chi connectivity index (χ4v) is 3.91. The highest BCUT2D eigenvalue weighted by atomic mass is 32.1. The van der Waals surface area contributed by atoms with Crippen LogP contribution in [-0.2, 0) is 6.54 Å². The highest BCUT2D eigenvalue weighted by molar-refractivity contribution is 7.15. The molecule has 1 aromatic carbocycles. The molecule has 0 atom stereocenters. The predicted octanol–water partition coefficient (Wildman–Crippen LogP) is 5.10. The van der Waals surface area contributed by atoms with Crippen LogP contribution in [0.3, 0.4) is 0 Å². The molecule has 1 aliphatic heterocycles. The van der Waals surface area contributed by atoms with Gasteiger partial charge in [0.2, 0.25) is 0 Å². The molecule has 2 aromatic rings. The summed E-state index contributed by atoms with van der Waals surface area (Å²) in [5, 5.41) is 0. The van der Waals surface area contributed by atoms with E-state index in [9.17, 15) is 0 Å². The van der Waals surface area contributed by atoms with Crippen LogP contribution in [0.1, 0.15) is 36.1 Å². The lowest BCUT2D eigenvalue weighted by Gasteiger charge is -2.18. The fourth-order valence-electron chi connectivity index (χ4n) is 2.85. The maximum atomic E-state index is 2.62. The first-order valence-corrected chi connectivity index (χ1v) is 8.51. The zero-order chi connectivity index (χ0) is 13.8. The molecule has 1 aliphatic rings. The standard InChI is InChI=1S/C18H23NS/c1-15-6-8-16(9-7-15)18-11-10-17(20-18)14-19-12-4-2-3-5-13-19/h6-11H,2-5,12-14H2,1H3. The molecule has 1 saturated heterocycles. The Labute approximate surface area is 126 Å². The molecule has 0 aliphatic carbocycles. The summed E-state index contributed by atoms with van der Waals surface area (Å²) < 4.78 is 0. The maximum Gasteiger partial charge on any atom is 0.0346 e. The molecule has 1 nitrogen and oxygen atoms in total. The highest BCUT2D eigenvalue weighted by Crippen LogP contribution is 2.29. The molecule has 0 amide bonds. The summed E-state index contributed by atoms with van der Waals surface area (Å²) in [4.78, 5) is 5.52. The van der Waals surface area contributed by atoms with Crippen molar-refractivity contribution >= 4 is 11.3 Å². The third-order valence-electron chi connectivity index (χ3n) is 4.08. The lowest BCUT2D eigenvalue weighted by atomic mass is 10.1. The zero-order valence-electron chi connectivity index (χ0n) is 12.3. The average molecular weight is 285 g/mol. The van der Waals surface area contributed by atoms with Gasteiger partial charge >= 0.3 is 0 Å². The summed E-state index contributed by atoms with van der Waals surface area (Å²) in [6.45, 7) is 5.83. The Bertz CT molecular complexity index is 533. The fraction of sp³-hybridized carbons (Fsp3) is 0.444. The minimum atomic E-state index is 1.14. The second-order valence-corrected chi connectivity index (χ2v) is 6.99. The van der Waals surface area contributed by atoms with Gasteiger partial charge in [-0.3, -0.25) is 4.90 Å². The van der Waals surface area contributed by atoms with E-state index in [1.807, 2.05) is 11.3 Å². The number of rotatable bonds is 3. The summed E-state index contributed by atoms with van der Waals surface area (Å²) in [5.41, 5.74) is 2.68. The van der Waals surface area contributed by atoms with Crippen LogP contribution < -0.4 is 0 Å². The topological polar surface area (TPSA) is 3.24 Å². The van der Waals surface area contributed by atoms with Crippen molar-refractivity contribution in [3.63, 3.8) is 0 Å². The zero-order valence-corrected chi connectivity index (χ0v) is 13.1. The normalized spacial score (nSPS) is 17.1. The van der Waals surface area contributed by atoms with E-state index < -0.39 is 0 Å². The van der Waals surface area contributed by atoms with Gasteiger partial charge in [-0.05, 0) is 50.6 Å². The van der Waals surface area contributed by atoms with Crippen molar-refractivity contribution in [3.05, 3.63) is 46.8 Å². The molecule has 0 radical (unpaired) electrons. The Balaban J connectivity index is 1.68. The van der Waals surface area contributed by atoms with Gasteiger partial charge in [-0.2, -0.15) is 0 Å². The second kappa shape index (κ2) is 6.55. The van der Waals surface area contributed by atoms with Crippen molar-refractivity contribution < 1.29 is 0 Å². The van der Waals surface area contributed by atoms with Crippen molar-refractivity contribution in [2.45, 2.75) is 39.2 Å². The Morgan fingerprint density at radius 1 is 0.900 bits per heavy atom. The Kier molecular flexibility index (Phi) is 4.54. The van der Waals surface area contributed by atoms with Crippen LogP contribution in [0.5, 0.6) is 0 Å². The molecule has 0 saturated carbocycles. The first-order valence-electron chi connectivity index (χ1n) is 7.69. The van der Waals surface area contributed by atoms with E-state index in [4.69, 9.17) is 0 Å². The molecule has 0 unspecified atom stereocenters. The average Bonchev–Trinajstić information content (AvgIpc) is 2.76. The smallest absolute Gasteiger partial charge is 0.0346 e.